The fourth-order valence-electron chi connectivity index (χ4n) is 2.86. The lowest BCUT2D eigenvalue weighted by Gasteiger charge is -2.28. The van der Waals surface area contributed by atoms with Gasteiger partial charge in [-0.3, -0.25) is 4.79 Å². The smallest absolute Gasteiger partial charge is 0.251 e. The van der Waals surface area contributed by atoms with Crippen molar-refractivity contribution in [3.63, 3.8) is 0 Å². The third kappa shape index (κ3) is 5.63. The first-order valence-electron chi connectivity index (χ1n) is 9.26. The molecule has 9 heteroatoms. The van der Waals surface area contributed by atoms with E-state index in [9.17, 15) is 13.2 Å². The molecule has 1 aromatic carbocycles. The predicted molar refractivity (Wildman–Crippen MR) is 110 cm³/mol. The van der Waals surface area contributed by atoms with E-state index in [1.54, 1.807) is 6.20 Å². The van der Waals surface area contributed by atoms with Crippen LogP contribution in [0.15, 0.2) is 60.1 Å². The Morgan fingerprint density at radius 3 is 2.62 bits per heavy atom. The summed E-state index contributed by atoms with van der Waals surface area (Å²) in [4.78, 5) is 19.0. The van der Waals surface area contributed by atoms with Gasteiger partial charge in [0, 0.05) is 37.9 Å². The molecule has 1 fully saturated rings. The number of carbonyl (C=O) groups excluding carboxylic acids is 1. The van der Waals surface area contributed by atoms with E-state index in [0.29, 0.717) is 25.3 Å². The van der Waals surface area contributed by atoms with E-state index in [-0.39, 0.29) is 17.3 Å². The molecule has 1 saturated heterocycles. The Kier molecular flexibility index (Phi) is 6.97. The molecule has 1 amide bonds. The van der Waals surface area contributed by atoms with Crippen molar-refractivity contribution in [2.45, 2.75) is 11.4 Å². The minimum Gasteiger partial charge on any atom is -0.378 e. The topological polar surface area (TPSA) is 101 Å². The highest BCUT2D eigenvalue weighted by molar-refractivity contribution is 7.89. The zero-order valence-corrected chi connectivity index (χ0v) is 16.8. The second kappa shape index (κ2) is 9.64. The summed E-state index contributed by atoms with van der Waals surface area (Å²) in [7, 11) is -3.61. The average molecular weight is 417 g/mol. The maximum atomic E-state index is 12.4. The van der Waals surface area contributed by atoms with E-state index >= 15 is 0 Å². The Bertz CT molecular complexity index is 955. The highest BCUT2D eigenvalue weighted by atomic mass is 32.2. The summed E-state index contributed by atoms with van der Waals surface area (Å²) in [5.41, 5.74) is 1.32. The fourth-order valence-corrected chi connectivity index (χ4v) is 3.86. The van der Waals surface area contributed by atoms with E-state index in [2.05, 4.69) is 26.5 Å². The van der Waals surface area contributed by atoms with Gasteiger partial charge in [0.1, 0.15) is 5.82 Å². The van der Waals surface area contributed by atoms with Gasteiger partial charge in [-0.2, -0.15) is 0 Å². The number of rotatable bonds is 8. The van der Waals surface area contributed by atoms with Crippen LogP contribution >= 0.6 is 0 Å². The fraction of sp³-hybridized carbons (Fsp3) is 0.300. The quantitative estimate of drug-likeness (QED) is 0.630. The monoisotopic (exact) mass is 416 g/mol. The molecule has 0 saturated carbocycles. The molecular formula is C20H24N4O4S. The normalized spacial score (nSPS) is 14.4. The van der Waals surface area contributed by atoms with E-state index in [4.69, 9.17) is 4.74 Å². The summed E-state index contributed by atoms with van der Waals surface area (Å²) >= 11 is 0. The van der Waals surface area contributed by atoms with Crippen molar-refractivity contribution in [2.75, 3.05) is 37.7 Å². The average Bonchev–Trinajstić information content (AvgIpc) is 2.77. The molecule has 154 valence electrons. The van der Waals surface area contributed by atoms with Crippen LogP contribution in [0.3, 0.4) is 0 Å². The Labute approximate surface area is 170 Å². The Morgan fingerprint density at radius 2 is 1.93 bits per heavy atom. The SMILES string of the molecule is C=CCNS(=O)(=O)c1ccc(C(=O)NCc2ccnc(N3CCOCC3)c2)cc1. The van der Waals surface area contributed by atoms with Crippen molar-refractivity contribution in [2.24, 2.45) is 0 Å². The van der Waals surface area contributed by atoms with Gasteiger partial charge in [0.25, 0.3) is 5.91 Å². The molecule has 2 heterocycles. The van der Waals surface area contributed by atoms with E-state index in [1.807, 2.05) is 12.1 Å². The second-order valence-electron chi connectivity index (χ2n) is 6.47. The van der Waals surface area contributed by atoms with Crippen molar-refractivity contribution in [1.82, 2.24) is 15.0 Å². The zero-order chi connectivity index (χ0) is 20.7. The van der Waals surface area contributed by atoms with Gasteiger partial charge in [-0.05, 0) is 42.0 Å². The van der Waals surface area contributed by atoms with Crippen LogP contribution in [0.2, 0.25) is 0 Å². The number of pyridine rings is 1. The third-order valence-electron chi connectivity index (χ3n) is 4.44. The first-order chi connectivity index (χ1) is 14.0. The lowest BCUT2D eigenvalue weighted by atomic mass is 10.2. The molecule has 0 spiro atoms. The van der Waals surface area contributed by atoms with Gasteiger partial charge < -0.3 is 15.0 Å². The van der Waals surface area contributed by atoms with Crippen LogP contribution in [0, 0.1) is 0 Å². The molecule has 0 bridgehead atoms. The number of hydrogen-bond donors (Lipinski definition) is 2. The summed E-state index contributed by atoms with van der Waals surface area (Å²) in [5.74, 6) is 0.583. The number of morpholine rings is 1. The van der Waals surface area contributed by atoms with E-state index in [1.165, 1.54) is 30.3 Å². The van der Waals surface area contributed by atoms with Gasteiger partial charge in [-0.1, -0.05) is 6.08 Å². The van der Waals surface area contributed by atoms with Gasteiger partial charge in [-0.15, -0.1) is 6.58 Å². The molecular weight excluding hydrogens is 392 g/mol. The first kappa shape index (κ1) is 21.0. The maximum Gasteiger partial charge on any atom is 0.251 e. The highest BCUT2D eigenvalue weighted by Gasteiger charge is 2.15. The van der Waals surface area contributed by atoms with Gasteiger partial charge >= 0.3 is 0 Å². The second-order valence-corrected chi connectivity index (χ2v) is 8.24. The maximum absolute atomic E-state index is 12.4. The number of hydrogen-bond acceptors (Lipinski definition) is 6. The molecule has 0 aliphatic carbocycles. The summed E-state index contributed by atoms with van der Waals surface area (Å²) in [6.45, 7) is 6.91. The molecule has 1 aliphatic rings. The highest BCUT2D eigenvalue weighted by Crippen LogP contribution is 2.15. The summed E-state index contributed by atoms with van der Waals surface area (Å²) < 4.78 is 31.9. The zero-order valence-electron chi connectivity index (χ0n) is 16.0. The Hall–Kier alpha value is -2.75. The molecule has 0 atom stereocenters. The number of sulfonamides is 1. The van der Waals surface area contributed by atoms with Crippen molar-refractivity contribution in [3.8, 4) is 0 Å². The number of aromatic nitrogens is 1. The summed E-state index contributed by atoms with van der Waals surface area (Å²) in [6.07, 6.45) is 3.19. The number of amides is 1. The molecule has 0 radical (unpaired) electrons. The van der Waals surface area contributed by atoms with Gasteiger partial charge in [0.2, 0.25) is 10.0 Å². The minimum absolute atomic E-state index is 0.0974. The molecule has 3 rings (SSSR count). The van der Waals surface area contributed by atoms with Crippen LogP contribution in [0.25, 0.3) is 0 Å². The molecule has 2 N–H and O–H groups in total. The largest absolute Gasteiger partial charge is 0.378 e. The van der Waals surface area contributed by atoms with Crippen LogP contribution < -0.4 is 14.9 Å². The van der Waals surface area contributed by atoms with Crippen molar-refractivity contribution >= 4 is 21.7 Å². The van der Waals surface area contributed by atoms with Crippen molar-refractivity contribution in [1.29, 1.82) is 0 Å². The summed E-state index contributed by atoms with van der Waals surface area (Å²) in [6, 6.07) is 9.59. The molecule has 0 unspecified atom stereocenters. The molecule has 2 aromatic rings. The van der Waals surface area contributed by atoms with Crippen LogP contribution in [-0.4, -0.2) is 52.2 Å². The number of carbonyl (C=O) groups is 1. The first-order valence-corrected chi connectivity index (χ1v) is 10.7. The van der Waals surface area contributed by atoms with Gasteiger partial charge in [-0.25, -0.2) is 18.1 Å². The van der Waals surface area contributed by atoms with Crippen molar-refractivity contribution < 1.29 is 17.9 Å². The van der Waals surface area contributed by atoms with Crippen LogP contribution in [0.5, 0.6) is 0 Å². The van der Waals surface area contributed by atoms with E-state index < -0.39 is 10.0 Å². The van der Waals surface area contributed by atoms with Crippen LogP contribution in [0.1, 0.15) is 15.9 Å². The minimum atomic E-state index is -3.61. The molecule has 1 aromatic heterocycles. The van der Waals surface area contributed by atoms with Crippen molar-refractivity contribution in [3.05, 3.63) is 66.4 Å². The number of ether oxygens (including phenoxy) is 1. The molecule has 8 nitrogen and oxygen atoms in total. The number of benzene rings is 1. The van der Waals surface area contributed by atoms with E-state index in [0.717, 1.165) is 24.5 Å². The predicted octanol–water partition coefficient (Wildman–Crippen LogP) is 1.31. The number of nitrogens with zero attached hydrogens (tertiary/aromatic N) is 2. The lowest BCUT2D eigenvalue weighted by Crippen LogP contribution is -2.36. The lowest BCUT2D eigenvalue weighted by molar-refractivity contribution is 0.0951. The van der Waals surface area contributed by atoms with Gasteiger partial charge in [0.05, 0.1) is 18.1 Å². The number of anilines is 1. The van der Waals surface area contributed by atoms with Crippen LogP contribution in [0.4, 0.5) is 5.82 Å². The van der Waals surface area contributed by atoms with Gasteiger partial charge in [0.15, 0.2) is 0 Å². The summed E-state index contributed by atoms with van der Waals surface area (Å²) in [5, 5.41) is 2.85. The number of nitrogens with one attached hydrogen (secondary N) is 2. The molecule has 1 aliphatic heterocycles. The Morgan fingerprint density at radius 1 is 1.21 bits per heavy atom. The Balaban J connectivity index is 1.60. The molecule has 29 heavy (non-hydrogen) atoms. The standard InChI is InChI=1S/C20H24N4O4S/c1-2-8-23-29(26,27)18-5-3-17(4-6-18)20(25)22-15-16-7-9-21-19(14-16)24-10-12-28-13-11-24/h2-7,9,14,23H,1,8,10-13,15H2,(H,22,25). The van der Waals surface area contributed by atoms with Crippen LogP contribution in [-0.2, 0) is 21.3 Å². The third-order valence-corrected chi connectivity index (χ3v) is 5.88.